The van der Waals surface area contributed by atoms with Crippen LogP contribution >= 0.6 is 0 Å². The van der Waals surface area contributed by atoms with Crippen molar-refractivity contribution in [3.05, 3.63) is 71.8 Å². The van der Waals surface area contributed by atoms with E-state index in [2.05, 4.69) is 20.3 Å². The van der Waals surface area contributed by atoms with Gasteiger partial charge in [-0.15, -0.1) is 0 Å². The van der Waals surface area contributed by atoms with Crippen molar-refractivity contribution in [2.24, 2.45) is 0 Å². The quantitative estimate of drug-likeness (QED) is 0.578. The van der Waals surface area contributed by atoms with Gasteiger partial charge < -0.3 is 24.5 Å². The molecule has 0 aliphatic carbocycles. The molecule has 1 aromatic carbocycles. The smallest absolute Gasteiger partial charge is 0.272 e. The van der Waals surface area contributed by atoms with Gasteiger partial charge in [0.1, 0.15) is 23.3 Å². The molecular weight excluding hydrogens is 384 g/mol. The van der Waals surface area contributed by atoms with Crippen molar-refractivity contribution < 1.29 is 14.3 Å². The molecule has 1 aliphatic rings. The number of rotatable bonds is 7. The minimum Gasteiger partial charge on any atom is -0.385 e. The van der Waals surface area contributed by atoms with Crippen LogP contribution in [0.4, 0.5) is 0 Å². The van der Waals surface area contributed by atoms with E-state index in [4.69, 9.17) is 4.74 Å². The van der Waals surface area contributed by atoms with E-state index in [1.54, 1.807) is 18.2 Å². The van der Waals surface area contributed by atoms with Crippen LogP contribution in [0.15, 0.2) is 49.1 Å². The third-order valence-corrected chi connectivity index (χ3v) is 5.09. The highest BCUT2D eigenvalue weighted by atomic mass is 16.5. The summed E-state index contributed by atoms with van der Waals surface area (Å²) in [5, 5.41) is 2.87. The molecule has 1 unspecified atom stereocenters. The maximum absolute atomic E-state index is 13.1. The van der Waals surface area contributed by atoms with E-state index in [0.717, 1.165) is 12.0 Å². The fourth-order valence-electron chi connectivity index (χ4n) is 3.64. The second-order valence-electron chi connectivity index (χ2n) is 7.06. The van der Waals surface area contributed by atoms with Crippen LogP contribution in [0.25, 0.3) is 0 Å². The number of fused-ring (bicyclic) bond motifs is 1. The summed E-state index contributed by atoms with van der Waals surface area (Å²) in [5.74, 6) is 0.287. The molecule has 0 saturated carbocycles. The van der Waals surface area contributed by atoms with E-state index in [-0.39, 0.29) is 11.8 Å². The Morgan fingerprint density at radius 1 is 1.27 bits per heavy atom. The van der Waals surface area contributed by atoms with Gasteiger partial charge in [-0.05, 0) is 12.0 Å². The standard InChI is InChI=1S/C21H24N6O3/c1-30-11-5-8-23-20(28)17-13-26-9-10-27(21(29)16-12-22-14-24-16)18(19(26)25-17)15-6-3-2-4-7-15/h2-4,6-7,12-14,18H,5,8-11H2,1H3,(H,22,24)(H,23,28). The zero-order chi connectivity index (χ0) is 20.9. The zero-order valence-corrected chi connectivity index (χ0v) is 16.7. The summed E-state index contributed by atoms with van der Waals surface area (Å²) in [6.45, 7) is 2.15. The summed E-state index contributed by atoms with van der Waals surface area (Å²) in [6, 6.07) is 9.32. The van der Waals surface area contributed by atoms with Crippen LogP contribution in [0.2, 0.25) is 0 Å². The fraction of sp³-hybridized carbons (Fsp3) is 0.333. The first-order valence-corrected chi connectivity index (χ1v) is 9.87. The predicted molar refractivity (Wildman–Crippen MR) is 109 cm³/mol. The lowest BCUT2D eigenvalue weighted by atomic mass is 10.0. The van der Waals surface area contributed by atoms with Crippen LogP contribution in [0.3, 0.4) is 0 Å². The van der Waals surface area contributed by atoms with E-state index in [9.17, 15) is 9.59 Å². The molecule has 0 spiro atoms. The number of aromatic nitrogens is 4. The Bertz CT molecular complexity index is 999. The molecule has 30 heavy (non-hydrogen) atoms. The monoisotopic (exact) mass is 408 g/mol. The maximum Gasteiger partial charge on any atom is 0.272 e. The highest BCUT2D eigenvalue weighted by Gasteiger charge is 2.35. The minimum atomic E-state index is -0.397. The normalized spacial score (nSPS) is 15.6. The number of benzene rings is 1. The van der Waals surface area contributed by atoms with Gasteiger partial charge in [0.2, 0.25) is 0 Å². The number of nitrogens with zero attached hydrogens (tertiary/aromatic N) is 4. The lowest BCUT2D eigenvalue weighted by Gasteiger charge is -2.36. The lowest BCUT2D eigenvalue weighted by Crippen LogP contribution is -2.42. The van der Waals surface area contributed by atoms with Gasteiger partial charge in [0.05, 0.1) is 12.5 Å². The average Bonchev–Trinajstić information content (AvgIpc) is 3.46. The van der Waals surface area contributed by atoms with Crippen molar-refractivity contribution in [2.45, 2.75) is 19.0 Å². The van der Waals surface area contributed by atoms with Crippen LogP contribution in [0.5, 0.6) is 0 Å². The van der Waals surface area contributed by atoms with Crippen LogP contribution < -0.4 is 5.32 Å². The third kappa shape index (κ3) is 3.97. The van der Waals surface area contributed by atoms with Crippen LogP contribution in [0.1, 0.15) is 44.8 Å². The Morgan fingerprint density at radius 2 is 2.10 bits per heavy atom. The largest absolute Gasteiger partial charge is 0.385 e. The van der Waals surface area contributed by atoms with Crippen molar-refractivity contribution in [1.82, 2.24) is 29.7 Å². The zero-order valence-electron chi connectivity index (χ0n) is 16.7. The highest BCUT2D eigenvalue weighted by Crippen LogP contribution is 2.32. The Balaban J connectivity index is 1.64. The van der Waals surface area contributed by atoms with Gasteiger partial charge in [-0.3, -0.25) is 9.59 Å². The number of methoxy groups -OCH3 is 1. The van der Waals surface area contributed by atoms with Gasteiger partial charge in [-0.1, -0.05) is 30.3 Å². The number of hydrogen-bond donors (Lipinski definition) is 2. The van der Waals surface area contributed by atoms with Crippen molar-refractivity contribution in [2.75, 3.05) is 26.8 Å². The number of amides is 2. The summed E-state index contributed by atoms with van der Waals surface area (Å²) >= 11 is 0. The number of hydrogen-bond acceptors (Lipinski definition) is 5. The molecule has 2 aromatic heterocycles. The molecule has 1 atom stereocenters. The molecule has 9 heteroatoms. The van der Waals surface area contributed by atoms with E-state index < -0.39 is 6.04 Å². The van der Waals surface area contributed by atoms with Gasteiger partial charge in [-0.2, -0.15) is 0 Å². The first-order valence-electron chi connectivity index (χ1n) is 9.87. The van der Waals surface area contributed by atoms with E-state index in [0.29, 0.717) is 43.5 Å². The number of carbonyl (C=O) groups excluding carboxylic acids is 2. The summed E-state index contributed by atoms with van der Waals surface area (Å²) in [6.07, 6.45) is 5.50. The molecule has 0 radical (unpaired) electrons. The number of aromatic amines is 1. The predicted octanol–water partition coefficient (Wildman–Crippen LogP) is 1.62. The van der Waals surface area contributed by atoms with Crippen molar-refractivity contribution in [1.29, 1.82) is 0 Å². The summed E-state index contributed by atoms with van der Waals surface area (Å²) in [4.78, 5) is 38.9. The molecule has 1 aliphatic heterocycles. The molecule has 9 nitrogen and oxygen atoms in total. The SMILES string of the molecule is COCCCNC(=O)c1cn2c(n1)C(c1ccccc1)N(C(=O)c1cnc[nH]1)CC2. The summed E-state index contributed by atoms with van der Waals surface area (Å²) in [5.41, 5.74) is 1.70. The topological polar surface area (TPSA) is 105 Å². The van der Waals surface area contributed by atoms with Crippen LogP contribution in [0, 0.1) is 0 Å². The molecule has 156 valence electrons. The molecule has 3 heterocycles. The highest BCUT2D eigenvalue weighted by molar-refractivity contribution is 5.93. The summed E-state index contributed by atoms with van der Waals surface area (Å²) < 4.78 is 6.96. The molecular formula is C21H24N6O3. The molecule has 3 aromatic rings. The molecule has 0 bridgehead atoms. The average molecular weight is 408 g/mol. The fourth-order valence-corrected chi connectivity index (χ4v) is 3.64. The van der Waals surface area contributed by atoms with Gasteiger partial charge in [0, 0.05) is 39.5 Å². The van der Waals surface area contributed by atoms with Crippen molar-refractivity contribution in [3.8, 4) is 0 Å². The van der Waals surface area contributed by atoms with E-state index >= 15 is 0 Å². The van der Waals surface area contributed by atoms with Gasteiger partial charge in [-0.25, -0.2) is 9.97 Å². The van der Waals surface area contributed by atoms with Crippen LogP contribution in [-0.2, 0) is 11.3 Å². The molecule has 0 saturated heterocycles. The molecule has 2 amide bonds. The first kappa shape index (κ1) is 19.8. The van der Waals surface area contributed by atoms with E-state index in [1.165, 1.54) is 12.5 Å². The van der Waals surface area contributed by atoms with E-state index in [1.807, 2.05) is 34.9 Å². The molecule has 4 rings (SSSR count). The Morgan fingerprint density at radius 3 is 2.83 bits per heavy atom. The third-order valence-electron chi connectivity index (χ3n) is 5.09. The Labute approximate surface area is 174 Å². The number of carbonyl (C=O) groups is 2. The van der Waals surface area contributed by atoms with Crippen LogP contribution in [-0.4, -0.2) is 63.0 Å². The molecule has 0 fully saturated rings. The molecule has 2 N–H and O–H groups in total. The van der Waals surface area contributed by atoms with Gasteiger partial charge in [0.25, 0.3) is 11.8 Å². The number of imidazole rings is 2. The minimum absolute atomic E-state index is 0.152. The number of ether oxygens (including phenoxy) is 1. The Kier molecular flexibility index (Phi) is 5.89. The lowest BCUT2D eigenvalue weighted by molar-refractivity contribution is 0.0653. The van der Waals surface area contributed by atoms with Crippen molar-refractivity contribution in [3.63, 3.8) is 0 Å². The maximum atomic E-state index is 13.1. The first-order chi connectivity index (χ1) is 14.7. The van der Waals surface area contributed by atoms with Gasteiger partial charge >= 0.3 is 0 Å². The number of H-pyrrole nitrogens is 1. The summed E-state index contributed by atoms with van der Waals surface area (Å²) in [7, 11) is 1.63. The number of nitrogens with one attached hydrogen (secondary N) is 2. The van der Waals surface area contributed by atoms with Gasteiger partial charge in [0.15, 0.2) is 0 Å². The second kappa shape index (κ2) is 8.91. The Hall–Kier alpha value is -3.46. The van der Waals surface area contributed by atoms with Crippen molar-refractivity contribution >= 4 is 11.8 Å². The second-order valence-corrected chi connectivity index (χ2v) is 7.06.